The minimum atomic E-state index is -0.210. The number of carbonyl (C=O) groups is 2. The minimum Gasteiger partial charge on any atom is -0.342 e. The summed E-state index contributed by atoms with van der Waals surface area (Å²) in [5.74, 6) is 0.574. The van der Waals surface area contributed by atoms with Crippen molar-refractivity contribution < 1.29 is 9.59 Å². The summed E-state index contributed by atoms with van der Waals surface area (Å²) in [6, 6.07) is 9.52. The van der Waals surface area contributed by atoms with Crippen molar-refractivity contribution in [1.82, 2.24) is 4.90 Å². The second-order valence-electron chi connectivity index (χ2n) is 7.28. The molecule has 1 heterocycles. The molecule has 2 aliphatic rings. The molecule has 24 heavy (non-hydrogen) atoms. The van der Waals surface area contributed by atoms with Crippen LogP contribution in [0, 0.1) is 11.3 Å². The van der Waals surface area contributed by atoms with Crippen molar-refractivity contribution >= 4 is 11.7 Å². The van der Waals surface area contributed by atoms with Crippen LogP contribution >= 0.6 is 0 Å². The molecule has 1 aromatic rings. The van der Waals surface area contributed by atoms with Crippen LogP contribution in [0.3, 0.4) is 0 Å². The third-order valence-electron chi connectivity index (χ3n) is 5.76. The highest BCUT2D eigenvalue weighted by molar-refractivity contribution is 5.98. The summed E-state index contributed by atoms with van der Waals surface area (Å²) >= 11 is 0. The van der Waals surface area contributed by atoms with Gasteiger partial charge in [0, 0.05) is 24.6 Å². The molecule has 0 unspecified atom stereocenters. The van der Waals surface area contributed by atoms with Crippen LogP contribution in [0.1, 0.15) is 55.3 Å². The predicted molar refractivity (Wildman–Crippen MR) is 95.8 cm³/mol. The Hall–Kier alpha value is -1.90. The fourth-order valence-corrected chi connectivity index (χ4v) is 4.35. The molecule has 1 saturated carbocycles. The number of carbonyl (C=O) groups excluding carboxylic acids is 2. The number of hydrogen-bond donors (Lipinski definition) is 0. The summed E-state index contributed by atoms with van der Waals surface area (Å²) in [5, 5.41) is 0. The molecule has 1 aliphatic heterocycles. The van der Waals surface area contributed by atoms with Crippen LogP contribution < -0.4 is 0 Å². The molecule has 1 amide bonds. The summed E-state index contributed by atoms with van der Waals surface area (Å²) in [4.78, 5) is 27.6. The van der Waals surface area contributed by atoms with Gasteiger partial charge in [0.2, 0.25) is 5.91 Å². The Morgan fingerprint density at radius 2 is 1.75 bits per heavy atom. The van der Waals surface area contributed by atoms with Crippen molar-refractivity contribution in [3.8, 4) is 0 Å². The summed E-state index contributed by atoms with van der Waals surface area (Å²) in [6.45, 7) is 5.27. The summed E-state index contributed by atoms with van der Waals surface area (Å²) in [6.07, 6.45) is 8.50. The van der Waals surface area contributed by atoms with E-state index < -0.39 is 0 Å². The first-order chi connectivity index (χ1) is 11.7. The highest BCUT2D eigenvalue weighted by Crippen LogP contribution is 2.43. The normalized spacial score (nSPS) is 20.8. The lowest BCUT2D eigenvalue weighted by Gasteiger charge is -2.38. The number of likely N-dealkylation sites (tertiary alicyclic amines) is 1. The first kappa shape index (κ1) is 16.9. The third kappa shape index (κ3) is 3.31. The molecule has 0 atom stereocenters. The molecule has 3 rings (SSSR count). The Morgan fingerprint density at radius 3 is 2.33 bits per heavy atom. The van der Waals surface area contributed by atoms with Crippen LogP contribution in [0.25, 0.3) is 0 Å². The van der Waals surface area contributed by atoms with Crippen molar-refractivity contribution in [2.24, 2.45) is 11.3 Å². The maximum atomic E-state index is 13.1. The lowest BCUT2D eigenvalue weighted by atomic mass is 9.80. The predicted octanol–water partition coefficient (Wildman–Crippen LogP) is 4.24. The van der Waals surface area contributed by atoms with E-state index in [0.717, 1.165) is 50.5 Å². The number of benzene rings is 1. The van der Waals surface area contributed by atoms with Gasteiger partial charge in [0.25, 0.3) is 0 Å². The van der Waals surface area contributed by atoms with Crippen LogP contribution in [-0.2, 0) is 4.79 Å². The maximum Gasteiger partial charge on any atom is 0.229 e. The smallest absolute Gasteiger partial charge is 0.229 e. The minimum absolute atomic E-state index is 0.0513. The SMILES string of the molecule is C=CCC1(C(=O)N2CCC(C(=O)c3ccccc3)CC2)CCCC1. The molecule has 0 bridgehead atoms. The average Bonchev–Trinajstić information content (AvgIpc) is 3.11. The molecule has 0 aromatic heterocycles. The lowest BCUT2D eigenvalue weighted by molar-refractivity contribution is -0.143. The van der Waals surface area contributed by atoms with E-state index in [9.17, 15) is 9.59 Å². The van der Waals surface area contributed by atoms with Crippen molar-refractivity contribution in [1.29, 1.82) is 0 Å². The molecule has 0 N–H and O–H groups in total. The molecule has 3 heteroatoms. The van der Waals surface area contributed by atoms with Crippen LogP contribution in [0.4, 0.5) is 0 Å². The lowest BCUT2D eigenvalue weighted by Crippen LogP contribution is -2.47. The number of Topliss-reactive ketones (excluding diaryl/α,β-unsaturated/α-hetero) is 1. The Bertz CT molecular complexity index is 594. The fraction of sp³-hybridized carbons (Fsp3) is 0.524. The zero-order valence-corrected chi connectivity index (χ0v) is 14.4. The van der Waals surface area contributed by atoms with Gasteiger partial charge >= 0.3 is 0 Å². The molecule has 2 fully saturated rings. The average molecular weight is 325 g/mol. The van der Waals surface area contributed by atoms with Crippen molar-refractivity contribution in [2.45, 2.75) is 44.9 Å². The number of allylic oxidation sites excluding steroid dienone is 1. The summed E-state index contributed by atoms with van der Waals surface area (Å²) < 4.78 is 0. The van der Waals surface area contributed by atoms with E-state index in [1.807, 2.05) is 41.3 Å². The van der Waals surface area contributed by atoms with Crippen LogP contribution in [0.5, 0.6) is 0 Å². The molecule has 1 saturated heterocycles. The molecule has 3 nitrogen and oxygen atoms in total. The second kappa shape index (κ2) is 7.33. The van der Waals surface area contributed by atoms with Crippen molar-refractivity contribution in [3.63, 3.8) is 0 Å². The first-order valence-corrected chi connectivity index (χ1v) is 9.16. The highest BCUT2D eigenvalue weighted by atomic mass is 16.2. The molecule has 1 aliphatic carbocycles. The Labute approximate surface area is 144 Å². The highest BCUT2D eigenvalue weighted by Gasteiger charge is 2.43. The molecule has 0 spiro atoms. The van der Waals surface area contributed by atoms with Gasteiger partial charge in [-0.1, -0.05) is 49.2 Å². The second-order valence-corrected chi connectivity index (χ2v) is 7.28. The van der Waals surface area contributed by atoms with Gasteiger partial charge in [0.1, 0.15) is 0 Å². The Balaban J connectivity index is 1.61. The maximum absolute atomic E-state index is 13.1. The first-order valence-electron chi connectivity index (χ1n) is 9.16. The number of ketones is 1. The molecular formula is C21H27NO2. The van der Waals surface area contributed by atoms with Crippen molar-refractivity contribution in [2.75, 3.05) is 13.1 Å². The Morgan fingerprint density at radius 1 is 1.12 bits per heavy atom. The van der Waals surface area contributed by atoms with Gasteiger partial charge in [-0.2, -0.15) is 0 Å². The van der Waals surface area contributed by atoms with Gasteiger partial charge in [-0.3, -0.25) is 9.59 Å². The summed E-state index contributed by atoms with van der Waals surface area (Å²) in [7, 11) is 0. The van der Waals surface area contributed by atoms with Gasteiger partial charge in [0.15, 0.2) is 5.78 Å². The standard InChI is InChI=1S/C21H27NO2/c1-2-12-21(13-6-7-14-21)20(24)22-15-10-18(11-16-22)19(23)17-8-4-3-5-9-17/h2-5,8-9,18H,1,6-7,10-16H2. The van der Waals surface area contributed by atoms with E-state index in [2.05, 4.69) is 6.58 Å². The monoisotopic (exact) mass is 325 g/mol. The van der Waals surface area contributed by atoms with Gasteiger partial charge < -0.3 is 4.90 Å². The zero-order valence-electron chi connectivity index (χ0n) is 14.4. The van der Waals surface area contributed by atoms with Gasteiger partial charge in [-0.15, -0.1) is 6.58 Å². The van der Waals surface area contributed by atoms with E-state index in [-0.39, 0.29) is 17.1 Å². The molecule has 128 valence electrons. The topological polar surface area (TPSA) is 37.4 Å². The number of amides is 1. The van der Waals surface area contributed by atoms with E-state index in [1.165, 1.54) is 0 Å². The quantitative estimate of drug-likeness (QED) is 0.599. The van der Waals surface area contributed by atoms with Gasteiger partial charge in [-0.25, -0.2) is 0 Å². The summed E-state index contributed by atoms with van der Waals surface area (Å²) in [5.41, 5.74) is 0.582. The Kier molecular flexibility index (Phi) is 5.17. The van der Waals surface area contributed by atoms with E-state index in [0.29, 0.717) is 19.0 Å². The number of nitrogens with zero attached hydrogens (tertiary/aromatic N) is 1. The number of rotatable bonds is 5. The molecule has 0 radical (unpaired) electrons. The third-order valence-corrected chi connectivity index (χ3v) is 5.76. The molecular weight excluding hydrogens is 298 g/mol. The van der Waals surface area contributed by atoms with Crippen LogP contribution in [-0.4, -0.2) is 29.7 Å². The number of piperidine rings is 1. The molecule has 1 aromatic carbocycles. The van der Waals surface area contributed by atoms with Crippen LogP contribution in [0.15, 0.2) is 43.0 Å². The van der Waals surface area contributed by atoms with Gasteiger partial charge in [0.05, 0.1) is 5.41 Å². The van der Waals surface area contributed by atoms with Crippen molar-refractivity contribution in [3.05, 3.63) is 48.6 Å². The largest absolute Gasteiger partial charge is 0.342 e. The van der Waals surface area contributed by atoms with E-state index >= 15 is 0 Å². The van der Waals surface area contributed by atoms with Crippen LogP contribution in [0.2, 0.25) is 0 Å². The fourth-order valence-electron chi connectivity index (χ4n) is 4.35. The van der Waals surface area contributed by atoms with E-state index in [1.54, 1.807) is 0 Å². The zero-order chi connectivity index (χ0) is 17.0. The van der Waals surface area contributed by atoms with Gasteiger partial charge in [-0.05, 0) is 32.1 Å². The number of hydrogen-bond acceptors (Lipinski definition) is 2. The van der Waals surface area contributed by atoms with E-state index in [4.69, 9.17) is 0 Å².